The Balaban J connectivity index is 2.50. The number of aliphatic hydroxyl groups is 1. The molecule has 1 rings (SSSR count). The Morgan fingerprint density at radius 1 is 1.40 bits per heavy atom. The molecular weight excluding hydrogens is 254 g/mol. The van der Waals surface area contributed by atoms with Gasteiger partial charge in [0.05, 0.1) is 12.1 Å². The molecule has 1 saturated heterocycles. The fourth-order valence-electron chi connectivity index (χ4n) is 2.77. The summed E-state index contributed by atoms with van der Waals surface area (Å²) in [5.41, 5.74) is 0. The summed E-state index contributed by atoms with van der Waals surface area (Å²) in [4.78, 5) is 16.4. The van der Waals surface area contributed by atoms with Crippen LogP contribution >= 0.6 is 0 Å². The zero-order chi connectivity index (χ0) is 15.3. The SMILES string of the molecule is CC(C)CCNC(=O)C(C)N1CC(O)CC1CN(C)C. The van der Waals surface area contributed by atoms with Crippen molar-refractivity contribution in [1.29, 1.82) is 0 Å². The van der Waals surface area contributed by atoms with Gasteiger partial charge in [0.2, 0.25) is 5.91 Å². The van der Waals surface area contributed by atoms with Crippen molar-refractivity contribution in [2.45, 2.75) is 51.8 Å². The lowest BCUT2D eigenvalue weighted by molar-refractivity contribution is -0.126. The number of nitrogens with one attached hydrogen (secondary N) is 1. The van der Waals surface area contributed by atoms with E-state index in [0.29, 0.717) is 12.5 Å². The third-order valence-electron chi connectivity index (χ3n) is 3.91. The van der Waals surface area contributed by atoms with E-state index in [2.05, 4.69) is 29.0 Å². The Morgan fingerprint density at radius 2 is 2.05 bits per heavy atom. The smallest absolute Gasteiger partial charge is 0.237 e. The van der Waals surface area contributed by atoms with Crippen molar-refractivity contribution in [3.8, 4) is 0 Å². The summed E-state index contributed by atoms with van der Waals surface area (Å²) in [5, 5.41) is 12.9. The zero-order valence-corrected chi connectivity index (χ0v) is 13.6. The number of carbonyl (C=O) groups is 1. The van der Waals surface area contributed by atoms with Crippen LogP contribution in [0.3, 0.4) is 0 Å². The molecule has 0 aliphatic carbocycles. The Morgan fingerprint density at radius 3 is 2.60 bits per heavy atom. The summed E-state index contributed by atoms with van der Waals surface area (Å²) in [6, 6.07) is 0.0788. The molecule has 118 valence electrons. The first-order valence-electron chi connectivity index (χ1n) is 7.67. The van der Waals surface area contributed by atoms with E-state index in [1.807, 2.05) is 21.0 Å². The summed E-state index contributed by atoms with van der Waals surface area (Å²) in [5.74, 6) is 0.671. The van der Waals surface area contributed by atoms with E-state index in [1.54, 1.807) is 0 Å². The topological polar surface area (TPSA) is 55.8 Å². The number of hydrogen-bond donors (Lipinski definition) is 2. The number of rotatable bonds is 7. The van der Waals surface area contributed by atoms with E-state index in [9.17, 15) is 9.90 Å². The number of amides is 1. The van der Waals surface area contributed by atoms with E-state index in [4.69, 9.17) is 0 Å². The summed E-state index contributed by atoms with van der Waals surface area (Å²) in [7, 11) is 4.05. The quantitative estimate of drug-likeness (QED) is 0.717. The van der Waals surface area contributed by atoms with Crippen LogP contribution in [0.1, 0.15) is 33.6 Å². The first-order valence-corrected chi connectivity index (χ1v) is 7.67. The second-order valence-corrected chi connectivity index (χ2v) is 6.65. The van der Waals surface area contributed by atoms with Gasteiger partial charge in [-0.15, -0.1) is 0 Å². The lowest BCUT2D eigenvalue weighted by atomic mass is 10.1. The van der Waals surface area contributed by atoms with Crippen LogP contribution in [-0.2, 0) is 4.79 Å². The average Bonchev–Trinajstić information content (AvgIpc) is 2.67. The van der Waals surface area contributed by atoms with Crippen molar-refractivity contribution in [2.75, 3.05) is 33.7 Å². The molecule has 3 unspecified atom stereocenters. The van der Waals surface area contributed by atoms with E-state index in [0.717, 1.165) is 25.9 Å². The molecule has 0 spiro atoms. The van der Waals surface area contributed by atoms with Gasteiger partial charge in [-0.1, -0.05) is 13.8 Å². The Hall–Kier alpha value is -0.650. The second kappa shape index (κ2) is 7.96. The minimum Gasteiger partial charge on any atom is -0.392 e. The molecule has 5 nitrogen and oxygen atoms in total. The van der Waals surface area contributed by atoms with Crippen molar-refractivity contribution >= 4 is 5.91 Å². The molecule has 1 aliphatic heterocycles. The summed E-state index contributed by atoms with van der Waals surface area (Å²) in [6.45, 7) is 8.44. The normalized spacial score (nSPS) is 25.4. The molecule has 1 amide bonds. The minimum atomic E-state index is -0.314. The number of carbonyl (C=O) groups excluding carboxylic acids is 1. The van der Waals surface area contributed by atoms with Gasteiger partial charge in [-0.25, -0.2) is 0 Å². The van der Waals surface area contributed by atoms with Crippen LogP contribution in [0.25, 0.3) is 0 Å². The highest BCUT2D eigenvalue weighted by Gasteiger charge is 2.36. The maximum absolute atomic E-state index is 12.2. The van der Waals surface area contributed by atoms with Gasteiger partial charge in [0.15, 0.2) is 0 Å². The largest absolute Gasteiger partial charge is 0.392 e. The Labute approximate surface area is 123 Å². The van der Waals surface area contributed by atoms with E-state index in [1.165, 1.54) is 0 Å². The predicted molar refractivity (Wildman–Crippen MR) is 81.6 cm³/mol. The van der Waals surface area contributed by atoms with Crippen molar-refractivity contribution in [1.82, 2.24) is 15.1 Å². The minimum absolute atomic E-state index is 0.0727. The summed E-state index contributed by atoms with van der Waals surface area (Å²) in [6.07, 6.45) is 1.44. The number of likely N-dealkylation sites (N-methyl/N-ethyl adjacent to an activating group) is 1. The van der Waals surface area contributed by atoms with E-state index < -0.39 is 0 Å². The highest BCUT2D eigenvalue weighted by atomic mass is 16.3. The molecule has 20 heavy (non-hydrogen) atoms. The van der Waals surface area contributed by atoms with Gasteiger partial charge < -0.3 is 15.3 Å². The number of β-amino-alcohol motifs (C(OH)–C–C–N with tert-alkyl or cyclic N) is 1. The standard InChI is InChI=1S/C15H31N3O2/c1-11(2)6-7-16-15(20)12(3)18-10-14(19)8-13(18)9-17(4)5/h11-14,19H,6-10H2,1-5H3,(H,16,20). The highest BCUT2D eigenvalue weighted by molar-refractivity contribution is 5.81. The third kappa shape index (κ3) is 5.38. The lowest BCUT2D eigenvalue weighted by Crippen LogP contribution is -2.50. The van der Waals surface area contributed by atoms with Gasteiger partial charge in [-0.2, -0.15) is 0 Å². The van der Waals surface area contributed by atoms with Crippen LogP contribution in [-0.4, -0.2) is 72.7 Å². The van der Waals surface area contributed by atoms with Gasteiger partial charge in [-0.05, 0) is 39.8 Å². The van der Waals surface area contributed by atoms with Gasteiger partial charge in [0, 0.05) is 25.7 Å². The van der Waals surface area contributed by atoms with Crippen molar-refractivity contribution in [3.63, 3.8) is 0 Å². The van der Waals surface area contributed by atoms with Gasteiger partial charge in [0.25, 0.3) is 0 Å². The lowest BCUT2D eigenvalue weighted by Gasteiger charge is -2.31. The van der Waals surface area contributed by atoms with Crippen LogP contribution < -0.4 is 5.32 Å². The maximum atomic E-state index is 12.2. The predicted octanol–water partition coefficient (Wildman–Crippen LogP) is 0.534. The Bertz CT molecular complexity index is 307. The molecule has 1 aliphatic rings. The van der Waals surface area contributed by atoms with Crippen LogP contribution in [0.15, 0.2) is 0 Å². The van der Waals surface area contributed by atoms with Crippen LogP contribution in [0.5, 0.6) is 0 Å². The molecule has 0 aromatic heterocycles. The van der Waals surface area contributed by atoms with E-state index >= 15 is 0 Å². The van der Waals surface area contributed by atoms with Crippen molar-refractivity contribution in [2.24, 2.45) is 5.92 Å². The highest BCUT2D eigenvalue weighted by Crippen LogP contribution is 2.21. The molecule has 2 N–H and O–H groups in total. The molecule has 5 heteroatoms. The van der Waals surface area contributed by atoms with Crippen LogP contribution in [0, 0.1) is 5.92 Å². The molecule has 1 fully saturated rings. The number of aliphatic hydroxyl groups excluding tert-OH is 1. The molecule has 3 atom stereocenters. The molecule has 0 saturated carbocycles. The number of hydrogen-bond acceptors (Lipinski definition) is 4. The molecule has 0 bridgehead atoms. The molecular formula is C15H31N3O2. The first kappa shape index (κ1) is 17.4. The van der Waals surface area contributed by atoms with Gasteiger partial charge in [-0.3, -0.25) is 9.69 Å². The molecule has 0 aromatic rings. The zero-order valence-electron chi connectivity index (χ0n) is 13.6. The maximum Gasteiger partial charge on any atom is 0.237 e. The first-order chi connectivity index (χ1) is 9.31. The number of likely N-dealkylation sites (tertiary alicyclic amines) is 1. The molecule has 0 radical (unpaired) electrons. The monoisotopic (exact) mass is 285 g/mol. The average molecular weight is 285 g/mol. The van der Waals surface area contributed by atoms with Crippen LogP contribution in [0.2, 0.25) is 0 Å². The van der Waals surface area contributed by atoms with Crippen molar-refractivity contribution < 1.29 is 9.90 Å². The third-order valence-corrected chi connectivity index (χ3v) is 3.91. The van der Waals surface area contributed by atoms with Crippen LogP contribution in [0.4, 0.5) is 0 Å². The fourth-order valence-corrected chi connectivity index (χ4v) is 2.77. The molecule has 1 heterocycles. The van der Waals surface area contributed by atoms with Gasteiger partial charge >= 0.3 is 0 Å². The second-order valence-electron chi connectivity index (χ2n) is 6.65. The van der Waals surface area contributed by atoms with E-state index in [-0.39, 0.29) is 24.1 Å². The number of nitrogens with zero attached hydrogens (tertiary/aromatic N) is 2. The fraction of sp³-hybridized carbons (Fsp3) is 0.933. The molecule has 0 aromatic carbocycles. The summed E-state index contributed by atoms with van der Waals surface area (Å²) >= 11 is 0. The summed E-state index contributed by atoms with van der Waals surface area (Å²) < 4.78 is 0. The van der Waals surface area contributed by atoms with Crippen molar-refractivity contribution in [3.05, 3.63) is 0 Å². The Kier molecular flexibility index (Phi) is 6.92. The van der Waals surface area contributed by atoms with Gasteiger partial charge in [0.1, 0.15) is 0 Å².